The number of aryl methyl sites for hydroxylation is 1. The summed E-state index contributed by atoms with van der Waals surface area (Å²) in [6.07, 6.45) is 2.25. The normalized spacial score (nSPS) is 11.9. The van der Waals surface area contributed by atoms with Crippen LogP contribution in [-0.4, -0.2) is 40.1 Å². The highest BCUT2D eigenvalue weighted by molar-refractivity contribution is 7.98. The number of rotatable bonds is 6. The number of carbonyl (C=O) groups is 2. The number of amides is 1. The molecule has 6 heteroatoms. The number of benzene rings is 1. The van der Waals surface area contributed by atoms with Gasteiger partial charge in [-0.25, -0.2) is 4.79 Å². The van der Waals surface area contributed by atoms with E-state index in [0.29, 0.717) is 23.3 Å². The first-order valence-corrected chi connectivity index (χ1v) is 7.17. The molecule has 1 rings (SSSR count). The van der Waals surface area contributed by atoms with Crippen LogP contribution in [0.25, 0.3) is 0 Å². The van der Waals surface area contributed by atoms with Crippen LogP contribution in [-0.2, 0) is 4.79 Å². The van der Waals surface area contributed by atoms with E-state index in [1.54, 1.807) is 6.92 Å². The van der Waals surface area contributed by atoms with Gasteiger partial charge in [0.2, 0.25) is 0 Å². The van der Waals surface area contributed by atoms with Gasteiger partial charge in [0.05, 0.1) is 0 Å². The van der Waals surface area contributed by atoms with Crippen molar-refractivity contribution >= 4 is 23.6 Å². The lowest BCUT2D eigenvalue weighted by molar-refractivity contribution is -0.139. The average Bonchev–Trinajstić information content (AvgIpc) is 2.33. The van der Waals surface area contributed by atoms with Gasteiger partial charge < -0.3 is 15.5 Å². The SMILES string of the molecule is CSCC[C@H](NC(=O)c1ccc(O)cc1C)C(=O)O. The predicted octanol–water partition coefficient (Wildman–Crippen LogP) is 1.64. The molecule has 0 aliphatic heterocycles. The Morgan fingerprint density at radius 3 is 2.63 bits per heavy atom. The van der Waals surface area contributed by atoms with Crippen LogP contribution < -0.4 is 5.32 Å². The highest BCUT2D eigenvalue weighted by atomic mass is 32.2. The first-order valence-electron chi connectivity index (χ1n) is 5.78. The van der Waals surface area contributed by atoms with Gasteiger partial charge in [0.15, 0.2) is 0 Å². The van der Waals surface area contributed by atoms with Gasteiger partial charge >= 0.3 is 5.97 Å². The highest BCUT2D eigenvalue weighted by Crippen LogP contribution is 2.16. The van der Waals surface area contributed by atoms with Crippen LogP contribution in [0, 0.1) is 6.92 Å². The quantitative estimate of drug-likeness (QED) is 0.739. The maximum absolute atomic E-state index is 12.0. The van der Waals surface area contributed by atoms with Crippen molar-refractivity contribution in [1.29, 1.82) is 0 Å². The largest absolute Gasteiger partial charge is 0.508 e. The van der Waals surface area contributed by atoms with Gasteiger partial charge in [-0.1, -0.05) is 0 Å². The maximum atomic E-state index is 12.0. The summed E-state index contributed by atoms with van der Waals surface area (Å²) in [6.45, 7) is 1.69. The van der Waals surface area contributed by atoms with Gasteiger partial charge in [-0.15, -0.1) is 0 Å². The third-order valence-electron chi connectivity index (χ3n) is 2.67. The van der Waals surface area contributed by atoms with E-state index in [9.17, 15) is 14.7 Å². The molecule has 0 saturated carbocycles. The number of aromatic hydroxyl groups is 1. The van der Waals surface area contributed by atoms with E-state index in [2.05, 4.69) is 5.32 Å². The summed E-state index contributed by atoms with van der Waals surface area (Å²) in [4.78, 5) is 23.0. The number of carboxylic acids is 1. The molecule has 1 aromatic carbocycles. The number of phenolic OH excluding ortho intramolecular Hbond substituents is 1. The van der Waals surface area contributed by atoms with Gasteiger partial charge in [-0.05, 0) is 49.1 Å². The van der Waals surface area contributed by atoms with Crippen LogP contribution in [0.1, 0.15) is 22.3 Å². The Morgan fingerprint density at radius 1 is 1.42 bits per heavy atom. The van der Waals surface area contributed by atoms with Crippen molar-refractivity contribution in [2.75, 3.05) is 12.0 Å². The standard InChI is InChI=1S/C13H17NO4S/c1-8-7-9(15)3-4-10(8)12(16)14-11(13(17)18)5-6-19-2/h3-4,7,11,15H,5-6H2,1-2H3,(H,14,16)(H,17,18)/t11-/m0/s1. The van der Waals surface area contributed by atoms with E-state index < -0.39 is 17.9 Å². The molecule has 0 bridgehead atoms. The third kappa shape index (κ3) is 4.48. The summed E-state index contributed by atoms with van der Waals surface area (Å²) >= 11 is 1.53. The Hall–Kier alpha value is -1.69. The molecule has 3 N–H and O–H groups in total. The topological polar surface area (TPSA) is 86.6 Å². The number of carboxylic acid groups (broad SMARTS) is 1. The molecule has 0 heterocycles. The zero-order valence-electron chi connectivity index (χ0n) is 10.8. The van der Waals surface area contributed by atoms with Crippen LogP contribution in [0.4, 0.5) is 0 Å². The van der Waals surface area contributed by atoms with Gasteiger partial charge in [-0.2, -0.15) is 11.8 Å². The molecule has 5 nitrogen and oxygen atoms in total. The molecule has 0 fully saturated rings. The van der Waals surface area contributed by atoms with Crippen molar-refractivity contribution in [3.63, 3.8) is 0 Å². The number of hydrogen-bond donors (Lipinski definition) is 3. The molecule has 0 aliphatic carbocycles. The first kappa shape index (κ1) is 15.4. The number of carbonyl (C=O) groups excluding carboxylic acids is 1. The number of thioether (sulfide) groups is 1. The van der Waals surface area contributed by atoms with E-state index in [-0.39, 0.29) is 5.75 Å². The van der Waals surface area contributed by atoms with E-state index in [1.807, 2.05) is 6.26 Å². The molecule has 0 spiro atoms. The van der Waals surface area contributed by atoms with Crippen molar-refractivity contribution < 1.29 is 19.8 Å². The van der Waals surface area contributed by atoms with Crippen LogP contribution >= 0.6 is 11.8 Å². The molecule has 1 aromatic rings. The Kier molecular flexibility index (Phi) is 5.69. The molecule has 1 atom stereocenters. The van der Waals surface area contributed by atoms with Gasteiger partial charge in [0.25, 0.3) is 5.91 Å². The smallest absolute Gasteiger partial charge is 0.326 e. The molecule has 19 heavy (non-hydrogen) atoms. The first-order chi connectivity index (χ1) is 8.95. The minimum atomic E-state index is -1.04. The fraction of sp³-hybridized carbons (Fsp3) is 0.385. The lowest BCUT2D eigenvalue weighted by atomic mass is 10.1. The summed E-state index contributed by atoms with van der Waals surface area (Å²) in [5.74, 6) is -0.748. The Labute approximate surface area is 116 Å². The molecule has 0 aliphatic rings. The zero-order chi connectivity index (χ0) is 14.4. The number of nitrogens with one attached hydrogen (secondary N) is 1. The number of phenols is 1. The van der Waals surface area contributed by atoms with Gasteiger partial charge in [-0.3, -0.25) is 4.79 Å². The molecular weight excluding hydrogens is 266 g/mol. The highest BCUT2D eigenvalue weighted by Gasteiger charge is 2.20. The summed E-state index contributed by atoms with van der Waals surface area (Å²) in [7, 11) is 0. The Balaban J connectivity index is 2.78. The third-order valence-corrected chi connectivity index (χ3v) is 3.31. The second-order valence-corrected chi connectivity index (χ2v) is 5.13. The van der Waals surface area contributed by atoms with Crippen LogP contribution in [0.15, 0.2) is 18.2 Å². The van der Waals surface area contributed by atoms with Crippen molar-refractivity contribution in [3.8, 4) is 5.75 Å². The van der Waals surface area contributed by atoms with Crippen LogP contribution in [0.3, 0.4) is 0 Å². The van der Waals surface area contributed by atoms with Gasteiger partial charge in [0, 0.05) is 5.56 Å². The molecular formula is C13H17NO4S. The van der Waals surface area contributed by atoms with E-state index in [1.165, 1.54) is 30.0 Å². The lowest BCUT2D eigenvalue weighted by Gasteiger charge is -2.15. The number of hydrogen-bond acceptors (Lipinski definition) is 4. The van der Waals surface area contributed by atoms with Crippen LogP contribution in [0.2, 0.25) is 0 Å². The monoisotopic (exact) mass is 283 g/mol. The molecule has 104 valence electrons. The average molecular weight is 283 g/mol. The second kappa shape index (κ2) is 7.04. The molecule has 0 saturated heterocycles. The summed E-state index contributed by atoms with van der Waals surface area (Å²) in [5.41, 5.74) is 0.972. The van der Waals surface area contributed by atoms with E-state index >= 15 is 0 Å². The van der Waals surface area contributed by atoms with Crippen molar-refractivity contribution in [2.24, 2.45) is 0 Å². The van der Waals surface area contributed by atoms with Crippen molar-refractivity contribution in [1.82, 2.24) is 5.32 Å². The van der Waals surface area contributed by atoms with E-state index in [4.69, 9.17) is 5.11 Å². The van der Waals surface area contributed by atoms with Crippen molar-refractivity contribution in [2.45, 2.75) is 19.4 Å². The van der Waals surface area contributed by atoms with E-state index in [0.717, 1.165) is 0 Å². The Morgan fingerprint density at radius 2 is 2.11 bits per heavy atom. The molecule has 1 amide bonds. The number of aliphatic carboxylic acids is 1. The minimum absolute atomic E-state index is 0.0752. The second-order valence-electron chi connectivity index (χ2n) is 4.14. The molecule has 0 unspecified atom stereocenters. The van der Waals surface area contributed by atoms with Crippen molar-refractivity contribution in [3.05, 3.63) is 29.3 Å². The van der Waals surface area contributed by atoms with Crippen LogP contribution in [0.5, 0.6) is 5.75 Å². The fourth-order valence-electron chi connectivity index (χ4n) is 1.63. The maximum Gasteiger partial charge on any atom is 0.326 e. The summed E-state index contributed by atoms with van der Waals surface area (Å²) < 4.78 is 0. The fourth-order valence-corrected chi connectivity index (χ4v) is 2.10. The lowest BCUT2D eigenvalue weighted by Crippen LogP contribution is -2.41. The zero-order valence-corrected chi connectivity index (χ0v) is 11.7. The molecule has 0 radical (unpaired) electrons. The summed E-state index contributed by atoms with van der Waals surface area (Å²) in [5, 5.41) is 20.8. The van der Waals surface area contributed by atoms with Gasteiger partial charge in [0.1, 0.15) is 11.8 Å². The molecule has 0 aromatic heterocycles. The summed E-state index contributed by atoms with van der Waals surface area (Å²) in [6, 6.07) is 3.45. The Bertz CT molecular complexity index is 476. The predicted molar refractivity (Wildman–Crippen MR) is 74.7 cm³/mol. The minimum Gasteiger partial charge on any atom is -0.508 e.